The lowest BCUT2D eigenvalue weighted by molar-refractivity contribution is 0.400. The van der Waals surface area contributed by atoms with Crippen molar-refractivity contribution < 1.29 is 4.74 Å². The van der Waals surface area contributed by atoms with Crippen LogP contribution in [0.1, 0.15) is 18.4 Å². The highest BCUT2D eigenvalue weighted by Gasteiger charge is 2.45. The minimum Gasteiger partial charge on any atom is -0.496 e. The van der Waals surface area contributed by atoms with Crippen LogP contribution < -0.4 is 10.1 Å². The van der Waals surface area contributed by atoms with Gasteiger partial charge in [-0.2, -0.15) is 0 Å². The van der Waals surface area contributed by atoms with Crippen LogP contribution in [0.2, 0.25) is 5.02 Å². The summed E-state index contributed by atoms with van der Waals surface area (Å²) in [5, 5.41) is 4.25. The van der Waals surface area contributed by atoms with Crippen LogP contribution in [-0.2, 0) is 6.42 Å². The fourth-order valence-electron chi connectivity index (χ4n) is 2.40. The zero-order valence-electron chi connectivity index (χ0n) is 8.77. The van der Waals surface area contributed by atoms with E-state index in [2.05, 4.69) is 5.32 Å². The molecule has 1 aliphatic heterocycles. The summed E-state index contributed by atoms with van der Waals surface area (Å²) in [6.45, 7) is 1.06. The molecule has 0 unspecified atom stereocenters. The number of anilines is 1. The summed E-state index contributed by atoms with van der Waals surface area (Å²) < 4.78 is 5.39. The van der Waals surface area contributed by atoms with E-state index in [9.17, 15) is 0 Å². The predicted molar refractivity (Wildman–Crippen MR) is 61.9 cm³/mol. The van der Waals surface area contributed by atoms with Crippen molar-refractivity contribution in [1.82, 2.24) is 0 Å². The average molecular weight is 224 g/mol. The lowest BCUT2D eigenvalue weighted by atomic mass is 9.91. The predicted octanol–water partition coefficient (Wildman–Crippen LogP) is 3.10. The van der Waals surface area contributed by atoms with E-state index < -0.39 is 0 Å². The minimum atomic E-state index is 0.505. The van der Waals surface area contributed by atoms with Gasteiger partial charge >= 0.3 is 0 Å². The van der Waals surface area contributed by atoms with Gasteiger partial charge in [-0.3, -0.25) is 0 Å². The van der Waals surface area contributed by atoms with Gasteiger partial charge in [0.25, 0.3) is 0 Å². The summed E-state index contributed by atoms with van der Waals surface area (Å²) in [5.41, 5.74) is 2.84. The molecule has 1 spiro atoms. The molecule has 0 saturated heterocycles. The third kappa shape index (κ3) is 1.39. The first-order valence-electron chi connectivity index (χ1n) is 5.33. The van der Waals surface area contributed by atoms with E-state index in [1.165, 1.54) is 18.4 Å². The van der Waals surface area contributed by atoms with E-state index >= 15 is 0 Å². The van der Waals surface area contributed by atoms with Crippen LogP contribution in [0.5, 0.6) is 5.75 Å². The molecule has 1 heterocycles. The van der Waals surface area contributed by atoms with Gasteiger partial charge in [0.15, 0.2) is 0 Å². The summed E-state index contributed by atoms with van der Waals surface area (Å²) in [6.07, 6.45) is 3.77. The van der Waals surface area contributed by atoms with Crippen LogP contribution in [0, 0.1) is 5.41 Å². The second-order valence-corrected chi connectivity index (χ2v) is 5.04. The molecule has 0 atom stereocenters. The van der Waals surface area contributed by atoms with Gasteiger partial charge in [0.1, 0.15) is 5.75 Å². The molecule has 80 valence electrons. The Kier molecular flexibility index (Phi) is 1.90. The number of ether oxygens (including phenoxy) is 1. The standard InChI is InChI=1S/C12H14ClNO/c1-15-10-3-2-9(13)11-8(10)6-12(4-5-12)7-14-11/h2-3,14H,4-7H2,1H3. The number of benzene rings is 1. The first-order valence-corrected chi connectivity index (χ1v) is 5.71. The van der Waals surface area contributed by atoms with Crippen LogP contribution in [0.25, 0.3) is 0 Å². The minimum absolute atomic E-state index is 0.505. The van der Waals surface area contributed by atoms with Crippen LogP contribution in [0.4, 0.5) is 5.69 Å². The van der Waals surface area contributed by atoms with Crippen molar-refractivity contribution in [2.45, 2.75) is 19.3 Å². The van der Waals surface area contributed by atoms with Crippen molar-refractivity contribution in [3.05, 3.63) is 22.7 Å². The summed E-state index contributed by atoms with van der Waals surface area (Å²) in [5.74, 6) is 0.966. The number of fused-ring (bicyclic) bond motifs is 1. The Morgan fingerprint density at radius 2 is 2.20 bits per heavy atom. The number of rotatable bonds is 1. The van der Waals surface area contributed by atoms with Crippen molar-refractivity contribution in [3.63, 3.8) is 0 Å². The second-order valence-electron chi connectivity index (χ2n) is 4.63. The summed E-state index contributed by atoms with van der Waals surface area (Å²) in [4.78, 5) is 0. The Balaban J connectivity index is 2.09. The average Bonchev–Trinajstić information content (AvgIpc) is 2.98. The molecule has 1 N–H and O–H groups in total. The molecular formula is C12H14ClNO. The number of halogens is 1. The molecule has 1 saturated carbocycles. The lowest BCUT2D eigenvalue weighted by Crippen LogP contribution is -2.25. The molecule has 0 aromatic heterocycles. The molecule has 15 heavy (non-hydrogen) atoms. The normalized spacial score (nSPS) is 20.7. The smallest absolute Gasteiger partial charge is 0.124 e. The van der Waals surface area contributed by atoms with Crippen LogP contribution in [-0.4, -0.2) is 13.7 Å². The molecule has 3 heteroatoms. The van der Waals surface area contributed by atoms with Crippen molar-refractivity contribution in [2.24, 2.45) is 5.41 Å². The van der Waals surface area contributed by atoms with Crippen molar-refractivity contribution in [2.75, 3.05) is 19.0 Å². The molecule has 2 nitrogen and oxygen atoms in total. The molecule has 2 aliphatic rings. The molecule has 1 aromatic carbocycles. The molecule has 1 fully saturated rings. The quantitative estimate of drug-likeness (QED) is 0.790. The number of hydrogen-bond acceptors (Lipinski definition) is 2. The van der Waals surface area contributed by atoms with Crippen molar-refractivity contribution in [1.29, 1.82) is 0 Å². The highest BCUT2D eigenvalue weighted by molar-refractivity contribution is 6.33. The largest absolute Gasteiger partial charge is 0.496 e. The highest BCUT2D eigenvalue weighted by Crippen LogP contribution is 2.54. The third-order valence-electron chi connectivity index (χ3n) is 3.59. The fourth-order valence-corrected chi connectivity index (χ4v) is 2.65. The van der Waals surface area contributed by atoms with Gasteiger partial charge in [-0.05, 0) is 36.8 Å². The van der Waals surface area contributed by atoms with Gasteiger partial charge in [0, 0.05) is 12.1 Å². The lowest BCUT2D eigenvalue weighted by Gasteiger charge is -2.28. The zero-order chi connectivity index (χ0) is 10.5. The Morgan fingerprint density at radius 1 is 1.40 bits per heavy atom. The first-order chi connectivity index (χ1) is 7.24. The van der Waals surface area contributed by atoms with Crippen LogP contribution in [0.15, 0.2) is 12.1 Å². The first kappa shape index (κ1) is 9.34. The number of methoxy groups -OCH3 is 1. The van der Waals surface area contributed by atoms with E-state index in [1.54, 1.807) is 7.11 Å². The van der Waals surface area contributed by atoms with E-state index in [0.29, 0.717) is 5.41 Å². The molecular weight excluding hydrogens is 210 g/mol. The van der Waals surface area contributed by atoms with Gasteiger partial charge in [-0.1, -0.05) is 11.6 Å². The molecule has 0 radical (unpaired) electrons. The second kappa shape index (κ2) is 3.05. The fraction of sp³-hybridized carbons (Fsp3) is 0.500. The maximum absolute atomic E-state index is 6.17. The highest BCUT2D eigenvalue weighted by atomic mass is 35.5. The molecule has 0 amide bonds. The Hall–Kier alpha value is -0.890. The van der Waals surface area contributed by atoms with E-state index in [0.717, 1.165) is 29.4 Å². The van der Waals surface area contributed by atoms with Gasteiger partial charge in [-0.15, -0.1) is 0 Å². The van der Waals surface area contributed by atoms with Gasteiger partial charge < -0.3 is 10.1 Å². The Bertz CT molecular complexity index is 412. The molecule has 1 aromatic rings. The maximum atomic E-state index is 6.17. The summed E-state index contributed by atoms with van der Waals surface area (Å²) >= 11 is 6.17. The van der Waals surface area contributed by atoms with Crippen molar-refractivity contribution >= 4 is 17.3 Å². The molecule has 0 bridgehead atoms. The van der Waals surface area contributed by atoms with E-state index in [1.807, 2.05) is 12.1 Å². The zero-order valence-corrected chi connectivity index (χ0v) is 9.53. The summed E-state index contributed by atoms with van der Waals surface area (Å²) in [7, 11) is 1.72. The number of nitrogens with one attached hydrogen (secondary N) is 1. The van der Waals surface area contributed by atoms with Gasteiger partial charge in [0.05, 0.1) is 17.8 Å². The maximum Gasteiger partial charge on any atom is 0.124 e. The van der Waals surface area contributed by atoms with Gasteiger partial charge in [-0.25, -0.2) is 0 Å². The van der Waals surface area contributed by atoms with Crippen molar-refractivity contribution in [3.8, 4) is 5.75 Å². The number of hydrogen-bond donors (Lipinski definition) is 1. The van der Waals surface area contributed by atoms with E-state index in [4.69, 9.17) is 16.3 Å². The topological polar surface area (TPSA) is 21.3 Å². The van der Waals surface area contributed by atoms with Crippen LogP contribution >= 0.6 is 11.6 Å². The SMILES string of the molecule is COc1ccc(Cl)c2c1CC1(CC1)CN2. The molecule has 3 rings (SSSR count). The van der Waals surface area contributed by atoms with E-state index in [-0.39, 0.29) is 0 Å². The van der Waals surface area contributed by atoms with Gasteiger partial charge in [0.2, 0.25) is 0 Å². The summed E-state index contributed by atoms with van der Waals surface area (Å²) in [6, 6.07) is 3.86. The Labute approximate surface area is 94.6 Å². The Morgan fingerprint density at radius 3 is 2.87 bits per heavy atom. The molecule has 1 aliphatic carbocycles. The monoisotopic (exact) mass is 223 g/mol. The van der Waals surface area contributed by atoms with Crippen LogP contribution in [0.3, 0.4) is 0 Å². The third-order valence-corrected chi connectivity index (χ3v) is 3.90.